The quantitative estimate of drug-likeness (QED) is 0.239. The second-order valence-corrected chi connectivity index (χ2v) is 10.1. The molecule has 6 nitrogen and oxygen atoms in total. The van der Waals surface area contributed by atoms with Gasteiger partial charge in [0.2, 0.25) is 5.91 Å². The van der Waals surface area contributed by atoms with Crippen LogP contribution >= 0.6 is 0 Å². The zero-order valence-corrected chi connectivity index (χ0v) is 22.6. The first-order valence-corrected chi connectivity index (χ1v) is 13.9. The molecule has 0 saturated heterocycles. The molecule has 2 amide bonds. The fourth-order valence-corrected chi connectivity index (χ4v) is 5.28. The average Bonchev–Trinajstić information content (AvgIpc) is 3.49. The SMILES string of the molecule is CCOc1ccc(N(C(=O)c2ccc(-c3ccccc3)[nH]2)C(C(=O)NC2CCCCC2)c2ccc(F)cc2)cc1. The van der Waals surface area contributed by atoms with E-state index in [1.165, 1.54) is 17.0 Å². The molecule has 40 heavy (non-hydrogen) atoms. The minimum absolute atomic E-state index is 0.0386. The van der Waals surface area contributed by atoms with Gasteiger partial charge < -0.3 is 15.0 Å². The highest BCUT2D eigenvalue weighted by molar-refractivity contribution is 6.09. The van der Waals surface area contributed by atoms with Crippen molar-refractivity contribution in [2.24, 2.45) is 0 Å². The van der Waals surface area contributed by atoms with E-state index in [0.717, 1.165) is 43.4 Å². The number of anilines is 1. The fraction of sp³-hybridized carbons (Fsp3) is 0.273. The van der Waals surface area contributed by atoms with Gasteiger partial charge in [-0.2, -0.15) is 0 Å². The summed E-state index contributed by atoms with van der Waals surface area (Å²) in [6, 6.07) is 25.2. The third-order valence-corrected chi connectivity index (χ3v) is 7.29. The minimum atomic E-state index is -1.02. The number of nitrogens with one attached hydrogen (secondary N) is 2. The molecule has 1 aromatic heterocycles. The van der Waals surface area contributed by atoms with Crippen molar-refractivity contribution in [1.82, 2.24) is 10.3 Å². The Morgan fingerprint density at radius 3 is 2.30 bits per heavy atom. The lowest BCUT2D eigenvalue weighted by molar-refractivity contribution is -0.123. The van der Waals surface area contributed by atoms with Crippen LogP contribution in [0.3, 0.4) is 0 Å². The first-order chi connectivity index (χ1) is 19.5. The van der Waals surface area contributed by atoms with Gasteiger partial charge in [-0.3, -0.25) is 14.5 Å². The van der Waals surface area contributed by atoms with Crippen LogP contribution in [0.5, 0.6) is 5.75 Å². The Bertz CT molecular complexity index is 1410. The van der Waals surface area contributed by atoms with E-state index in [9.17, 15) is 14.0 Å². The van der Waals surface area contributed by atoms with Crippen molar-refractivity contribution in [3.8, 4) is 17.0 Å². The molecule has 0 spiro atoms. The molecule has 3 aromatic carbocycles. The van der Waals surface area contributed by atoms with Crippen LogP contribution in [0.25, 0.3) is 11.3 Å². The van der Waals surface area contributed by atoms with Gasteiger partial charge in [-0.1, -0.05) is 61.7 Å². The maximum absolute atomic E-state index is 14.3. The topological polar surface area (TPSA) is 74.4 Å². The highest BCUT2D eigenvalue weighted by Gasteiger charge is 2.35. The van der Waals surface area contributed by atoms with Crippen molar-refractivity contribution in [3.63, 3.8) is 0 Å². The van der Waals surface area contributed by atoms with Gasteiger partial charge in [-0.25, -0.2) is 4.39 Å². The molecular formula is C33H34FN3O3. The summed E-state index contributed by atoms with van der Waals surface area (Å²) in [5, 5.41) is 3.19. The predicted molar refractivity (Wildman–Crippen MR) is 155 cm³/mol. The number of ether oxygens (including phenoxy) is 1. The molecular weight excluding hydrogens is 505 g/mol. The van der Waals surface area contributed by atoms with Crippen LogP contribution < -0.4 is 15.0 Å². The molecule has 2 N–H and O–H groups in total. The maximum Gasteiger partial charge on any atom is 0.275 e. The lowest BCUT2D eigenvalue weighted by atomic mass is 9.94. The number of halogens is 1. The number of aromatic nitrogens is 1. The van der Waals surface area contributed by atoms with Gasteiger partial charge in [0.15, 0.2) is 0 Å². The number of H-pyrrole nitrogens is 1. The zero-order chi connectivity index (χ0) is 27.9. The van der Waals surface area contributed by atoms with Crippen LogP contribution in [0, 0.1) is 5.82 Å². The van der Waals surface area contributed by atoms with Crippen molar-refractivity contribution in [2.75, 3.05) is 11.5 Å². The molecule has 5 rings (SSSR count). The molecule has 1 atom stereocenters. The highest BCUT2D eigenvalue weighted by atomic mass is 19.1. The Hall–Kier alpha value is -4.39. The summed E-state index contributed by atoms with van der Waals surface area (Å²) in [5.74, 6) is -0.420. The molecule has 1 heterocycles. The van der Waals surface area contributed by atoms with Crippen molar-refractivity contribution in [1.29, 1.82) is 0 Å². The number of rotatable bonds is 9. The van der Waals surface area contributed by atoms with E-state index >= 15 is 0 Å². The molecule has 206 valence electrons. The molecule has 1 saturated carbocycles. The molecule has 0 aliphatic heterocycles. The minimum Gasteiger partial charge on any atom is -0.494 e. The van der Waals surface area contributed by atoms with E-state index in [0.29, 0.717) is 29.3 Å². The number of nitrogens with zero attached hydrogens (tertiary/aromatic N) is 1. The number of carbonyl (C=O) groups is 2. The smallest absolute Gasteiger partial charge is 0.275 e. The Morgan fingerprint density at radius 2 is 1.62 bits per heavy atom. The van der Waals surface area contributed by atoms with Crippen molar-refractivity contribution >= 4 is 17.5 Å². The largest absolute Gasteiger partial charge is 0.494 e. The summed E-state index contributed by atoms with van der Waals surface area (Å²) in [5.41, 5.74) is 3.12. The lowest BCUT2D eigenvalue weighted by Gasteiger charge is -2.33. The summed E-state index contributed by atoms with van der Waals surface area (Å²) in [6.07, 6.45) is 5.06. The molecule has 0 bridgehead atoms. The molecule has 1 aliphatic carbocycles. The van der Waals surface area contributed by atoms with Crippen LogP contribution in [0.2, 0.25) is 0 Å². The van der Waals surface area contributed by atoms with Gasteiger partial charge in [0.25, 0.3) is 5.91 Å². The average molecular weight is 540 g/mol. The van der Waals surface area contributed by atoms with E-state index in [-0.39, 0.29) is 17.9 Å². The summed E-state index contributed by atoms with van der Waals surface area (Å²) >= 11 is 0. The Balaban J connectivity index is 1.57. The Labute approximate surface area is 234 Å². The molecule has 1 aliphatic rings. The maximum atomic E-state index is 14.3. The zero-order valence-electron chi connectivity index (χ0n) is 22.6. The summed E-state index contributed by atoms with van der Waals surface area (Å²) < 4.78 is 19.6. The molecule has 4 aromatic rings. The lowest BCUT2D eigenvalue weighted by Crippen LogP contribution is -2.47. The molecule has 1 unspecified atom stereocenters. The van der Waals surface area contributed by atoms with Crippen molar-refractivity contribution in [2.45, 2.75) is 51.1 Å². The van der Waals surface area contributed by atoms with E-state index in [4.69, 9.17) is 4.74 Å². The van der Waals surface area contributed by atoms with Gasteiger partial charge >= 0.3 is 0 Å². The molecule has 0 radical (unpaired) electrons. The van der Waals surface area contributed by atoms with Crippen LogP contribution in [0.1, 0.15) is 61.1 Å². The Morgan fingerprint density at radius 1 is 0.925 bits per heavy atom. The van der Waals surface area contributed by atoms with Crippen molar-refractivity contribution in [3.05, 3.63) is 108 Å². The van der Waals surface area contributed by atoms with Gasteiger partial charge in [0.1, 0.15) is 23.3 Å². The normalized spacial score (nSPS) is 14.3. The third-order valence-electron chi connectivity index (χ3n) is 7.29. The van der Waals surface area contributed by atoms with E-state index in [1.54, 1.807) is 42.5 Å². The first kappa shape index (κ1) is 27.2. The molecule has 1 fully saturated rings. The van der Waals surface area contributed by atoms with Crippen LogP contribution in [-0.4, -0.2) is 29.4 Å². The monoisotopic (exact) mass is 539 g/mol. The van der Waals surface area contributed by atoms with Crippen LogP contribution in [0.4, 0.5) is 10.1 Å². The number of amides is 2. The number of benzene rings is 3. The summed E-state index contributed by atoms with van der Waals surface area (Å²) in [7, 11) is 0. The number of carbonyl (C=O) groups excluding carboxylic acids is 2. The van der Waals surface area contributed by atoms with Gasteiger partial charge in [0, 0.05) is 17.4 Å². The number of hydrogen-bond acceptors (Lipinski definition) is 3. The van der Waals surface area contributed by atoms with E-state index in [2.05, 4.69) is 10.3 Å². The van der Waals surface area contributed by atoms with Crippen molar-refractivity contribution < 1.29 is 18.7 Å². The fourth-order valence-electron chi connectivity index (χ4n) is 5.28. The van der Waals surface area contributed by atoms with Crippen LogP contribution in [0.15, 0.2) is 91.0 Å². The van der Waals surface area contributed by atoms with Gasteiger partial charge in [0.05, 0.1) is 6.61 Å². The summed E-state index contributed by atoms with van der Waals surface area (Å²) in [6.45, 7) is 2.41. The second-order valence-electron chi connectivity index (χ2n) is 10.1. The predicted octanol–water partition coefficient (Wildman–Crippen LogP) is 7.06. The van der Waals surface area contributed by atoms with Gasteiger partial charge in [-0.05, 0) is 79.4 Å². The highest BCUT2D eigenvalue weighted by Crippen LogP contribution is 2.32. The Kier molecular flexibility index (Phi) is 8.59. The molecule has 7 heteroatoms. The van der Waals surface area contributed by atoms with Gasteiger partial charge in [-0.15, -0.1) is 0 Å². The van der Waals surface area contributed by atoms with Crippen LogP contribution in [-0.2, 0) is 4.79 Å². The first-order valence-electron chi connectivity index (χ1n) is 13.9. The summed E-state index contributed by atoms with van der Waals surface area (Å²) in [4.78, 5) is 33.0. The third kappa shape index (κ3) is 6.25. The number of hydrogen-bond donors (Lipinski definition) is 2. The standard InChI is InChI=1S/C33H34FN3O3/c1-2-40-28-19-17-27(18-20-28)37(33(39)30-22-21-29(36-30)23-9-5-3-6-10-23)31(24-13-15-25(34)16-14-24)32(38)35-26-11-7-4-8-12-26/h3,5-6,9-10,13-22,26,31,36H,2,4,7-8,11-12H2,1H3,(H,35,38). The number of aromatic amines is 1. The second kappa shape index (κ2) is 12.6. The van der Waals surface area contributed by atoms with E-state index < -0.39 is 11.9 Å². The van der Waals surface area contributed by atoms with E-state index in [1.807, 2.05) is 43.3 Å².